The van der Waals surface area contributed by atoms with Crippen molar-refractivity contribution in [3.8, 4) is 0 Å². The number of para-hydroxylation sites is 1. The summed E-state index contributed by atoms with van der Waals surface area (Å²) in [6.07, 6.45) is 4.75. The van der Waals surface area contributed by atoms with Crippen molar-refractivity contribution in [1.29, 1.82) is 0 Å². The topological polar surface area (TPSA) is 85.5 Å². The summed E-state index contributed by atoms with van der Waals surface area (Å²) in [6, 6.07) is 22.2. The van der Waals surface area contributed by atoms with Crippen LogP contribution in [-0.2, 0) is 11.2 Å². The molecule has 7 nitrogen and oxygen atoms in total. The average molecular weight is 547 g/mol. The highest BCUT2D eigenvalue weighted by Gasteiger charge is 2.53. The van der Waals surface area contributed by atoms with E-state index in [1.807, 2.05) is 18.2 Å². The number of amides is 4. The molecule has 4 aromatic rings. The van der Waals surface area contributed by atoms with Crippen molar-refractivity contribution in [2.45, 2.75) is 70.0 Å². The van der Waals surface area contributed by atoms with Gasteiger partial charge in [-0.15, -0.1) is 0 Å². The molecule has 2 unspecified atom stereocenters. The molecular weight excluding hydrogens is 512 g/mol. The van der Waals surface area contributed by atoms with E-state index in [0.717, 1.165) is 53.4 Å². The first kappa shape index (κ1) is 25.6. The lowest BCUT2D eigenvalue weighted by molar-refractivity contribution is -0.120. The van der Waals surface area contributed by atoms with Crippen molar-refractivity contribution < 1.29 is 14.4 Å². The molecule has 3 heterocycles. The van der Waals surface area contributed by atoms with Gasteiger partial charge < -0.3 is 10.3 Å². The molecule has 7 heteroatoms. The zero-order valence-corrected chi connectivity index (χ0v) is 23.4. The highest BCUT2D eigenvalue weighted by molar-refractivity contribution is 6.22. The Labute approximate surface area is 239 Å². The second-order valence-corrected chi connectivity index (χ2v) is 11.9. The van der Waals surface area contributed by atoms with Gasteiger partial charge in [0.1, 0.15) is 12.1 Å². The van der Waals surface area contributed by atoms with Crippen LogP contribution in [0.25, 0.3) is 10.9 Å². The normalized spacial score (nSPS) is 20.7. The number of rotatable bonds is 5. The number of fused-ring (bicyclic) bond motifs is 4. The van der Waals surface area contributed by atoms with Crippen molar-refractivity contribution >= 4 is 34.4 Å². The molecule has 4 amide bonds. The van der Waals surface area contributed by atoms with Gasteiger partial charge in [0.05, 0.1) is 5.69 Å². The lowest BCUT2D eigenvalue weighted by atomic mass is 9.88. The Bertz CT molecular complexity index is 1650. The third-order valence-corrected chi connectivity index (χ3v) is 9.05. The summed E-state index contributed by atoms with van der Waals surface area (Å²) < 4.78 is 0. The number of benzene rings is 3. The van der Waals surface area contributed by atoms with Crippen LogP contribution in [0.5, 0.6) is 0 Å². The molecule has 7 rings (SSSR count). The van der Waals surface area contributed by atoms with Crippen LogP contribution in [0.15, 0.2) is 72.8 Å². The zero-order valence-electron chi connectivity index (χ0n) is 23.4. The zero-order chi connectivity index (χ0) is 28.2. The lowest BCUT2D eigenvalue weighted by Crippen LogP contribution is -2.44. The number of nitrogens with one attached hydrogen (secondary N) is 2. The number of urea groups is 1. The molecule has 208 valence electrons. The van der Waals surface area contributed by atoms with Crippen LogP contribution in [0.1, 0.15) is 84.2 Å². The molecule has 2 fully saturated rings. The number of hydrogen-bond donors (Lipinski definition) is 2. The Hall–Kier alpha value is -4.39. The van der Waals surface area contributed by atoms with E-state index >= 15 is 0 Å². The Morgan fingerprint density at radius 2 is 1.63 bits per heavy atom. The Morgan fingerprint density at radius 1 is 0.927 bits per heavy atom. The second kappa shape index (κ2) is 9.91. The summed E-state index contributed by atoms with van der Waals surface area (Å²) in [4.78, 5) is 47.5. The summed E-state index contributed by atoms with van der Waals surface area (Å²) in [6.45, 7) is 4.32. The van der Waals surface area contributed by atoms with E-state index in [1.54, 1.807) is 29.2 Å². The fourth-order valence-corrected chi connectivity index (χ4v) is 6.82. The Morgan fingerprint density at radius 3 is 2.34 bits per heavy atom. The number of hydrogen-bond acceptors (Lipinski definition) is 3. The van der Waals surface area contributed by atoms with Gasteiger partial charge in [-0.05, 0) is 65.8 Å². The van der Waals surface area contributed by atoms with Crippen molar-refractivity contribution in [2.75, 3.05) is 4.90 Å². The molecule has 3 aliphatic rings. The predicted octanol–water partition coefficient (Wildman–Crippen LogP) is 6.45. The van der Waals surface area contributed by atoms with E-state index in [4.69, 9.17) is 0 Å². The monoisotopic (exact) mass is 546 g/mol. The highest BCUT2D eigenvalue weighted by Crippen LogP contribution is 2.45. The van der Waals surface area contributed by atoms with Gasteiger partial charge in [-0.2, -0.15) is 0 Å². The standard InChI is InChI=1S/C34H34N4O3/c1-20(2)21-11-13-22(14-12-21)31-30-27(26-9-5-6-10-28(26)36-30)19-29-33(40)37(34(41)38(29)31)25-17-15-23(16-18-25)32(39)35-24-7-3-4-8-24/h5-6,9-18,20,24,29,31,36H,3-4,7-8,19H2,1-2H3,(H,35,39). The number of carbonyl (C=O) groups is 3. The summed E-state index contributed by atoms with van der Waals surface area (Å²) >= 11 is 0. The van der Waals surface area contributed by atoms with Gasteiger partial charge in [0.2, 0.25) is 0 Å². The summed E-state index contributed by atoms with van der Waals surface area (Å²) in [5.41, 5.74) is 6.25. The fourth-order valence-electron chi connectivity index (χ4n) is 6.82. The van der Waals surface area contributed by atoms with E-state index < -0.39 is 12.1 Å². The highest BCUT2D eigenvalue weighted by atomic mass is 16.2. The Kier molecular flexibility index (Phi) is 6.18. The summed E-state index contributed by atoms with van der Waals surface area (Å²) in [5, 5.41) is 4.19. The van der Waals surface area contributed by atoms with Crippen molar-refractivity contribution in [2.24, 2.45) is 0 Å². The minimum Gasteiger partial charge on any atom is -0.356 e. The van der Waals surface area contributed by atoms with Gasteiger partial charge in [0.15, 0.2) is 0 Å². The minimum atomic E-state index is -0.616. The van der Waals surface area contributed by atoms with Gasteiger partial charge in [-0.25, -0.2) is 9.69 Å². The molecule has 1 saturated carbocycles. The maximum Gasteiger partial charge on any atom is 0.332 e. The molecule has 0 spiro atoms. The number of carbonyl (C=O) groups excluding carboxylic acids is 3. The van der Waals surface area contributed by atoms with Crippen molar-refractivity contribution in [1.82, 2.24) is 15.2 Å². The smallest absolute Gasteiger partial charge is 0.332 e. The number of nitrogens with zero attached hydrogens (tertiary/aromatic N) is 2. The average Bonchev–Trinajstić information content (AvgIpc) is 3.69. The summed E-state index contributed by atoms with van der Waals surface area (Å²) in [7, 11) is 0. The van der Waals surface area contributed by atoms with Crippen molar-refractivity contribution in [3.05, 3.63) is 101 Å². The van der Waals surface area contributed by atoms with Gasteiger partial charge in [-0.3, -0.25) is 14.5 Å². The number of imide groups is 1. The minimum absolute atomic E-state index is 0.116. The lowest BCUT2D eigenvalue weighted by Gasteiger charge is -2.36. The molecule has 1 aliphatic carbocycles. The van der Waals surface area contributed by atoms with Gasteiger partial charge in [-0.1, -0.05) is 69.2 Å². The number of aromatic amines is 1. The number of anilines is 1. The van der Waals surface area contributed by atoms with Crippen LogP contribution in [0.4, 0.5) is 10.5 Å². The van der Waals surface area contributed by atoms with Crippen molar-refractivity contribution in [3.63, 3.8) is 0 Å². The van der Waals surface area contributed by atoms with E-state index in [0.29, 0.717) is 23.6 Å². The van der Waals surface area contributed by atoms with E-state index in [2.05, 4.69) is 54.5 Å². The van der Waals surface area contributed by atoms with Crippen LogP contribution in [-0.4, -0.2) is 39.8 Å². The largest absolute Gasteiger partial charge is 0.356 e. The molecule has 2 atom stereocenters. The molecule has 0 bridgehead atoms. The molecule has 0 radical (unpaired) electrons. The molecule has 2 aliphatic heterocycles. The number of H-pyrrole nitrogens is 1. The second-order valence-electron chi connectivity index (χ2n) is 11.9. The maximum absolute atomic E-state index is 14.1. The van der Waals surface area contributed by atoms with E-state index in [1.165, 1.54) is 10.5 Å². The molecule has 1 saturated heterocycles. The first-order chi connectivity index (χ1) is 19.9. The first-order valence-corrected chi connectivity index (χ1v) is 14.7. The van der Waals surface area contributed by atoms with Crippen LogP contribution in [0, 0.1) is 0 Å². The summed E-state index contributed by atoms with van der Waals surface area (Å²) in [5.74, 6) is 0.0357. The quantitative estimate of drug-likeness (QED) is 0.282. The third-order valence-electron chi connectivity index (χ3n) is 9.05. The van der Waals surface area contributed by atoms with Crippen LogP contribution in [0.3, 0.4) is 0 Å². The molecule has 41 heavy (non-hydrogen) atoms. The number of aromatic nitrogens is 1. The maximum atomic E-state index is 14.1. The van der Waals surface area contributed by atoms with Gasteiger partial charge in [0, 0.05) is 34.6 Å². The van der Waals surface area contributed by atoms with Crippen LogP contribution >= 0.6 is 0 Å². The van der Waals surface area contributed by atoms with Gasteiger partial charge in [0.25, 0.3) is 11.8 Å². The van der Waals surface area contributed by atoms with E-state index in [-0.39, 0.29) is 23.9 Å². The van der Waals surface area contributed by atoms with Crippen LogP contribution in [0.2, 0.25) is 0 Å². The molecular formula is C34H34N4O3. The predicted molar refractivity (Wildman–Crippen MR) is 159 cm³/mol. The third kappa shape index (κ3) is 4.22. The molecule has 3 aromatic carbocycles. The SMILES string of the molecule is CC(C)c1ccc(C2c3[nH]c4ccccc4c3CC3C(=O)N(c4ccc(C(=O)NC5CCCC5)cc4)C(=O)N32)cc1. The fraction of sp³-hybridized carbons (Fsp3) is 0.324. The van der Waals surface area contributed by atoms with E-state index in [9.17, 15) is 14.4 Å². The van der Waals surface area contributed by atoms with Gasteiger partial charge >= 0.3 is 6.03 Å². The molecule has 1 aromatic heterocycles. The van der Waals surface area contributed by atoms with Crippen LogP contribution < -0.4 is 10.2 Å². The molecule has 2 N–H and O–H groups in total. The first-order valence-electron chi connectivity index (χ1n) is 14.7. The Balaban J connectivity index is 1.24.